The molecule has 2 rings (SSSR count). The van der Waals surface area contributed by atoms with Crippen molar-refractivity contribution in [3.05, 3.63) is 23.8 Å². The van der Waals surface area contributed by atoms with Crippen LogP contribution in [-0.4, -0.2) is 35.3 Å². The highest BCUT2D eigenvalue weighted by Crippen LogP contribution is 2.34. The van der Waals surface area contributed by atoms with Crippen molar-refractivity contribution in [1.29, 1.82) is 0 Å². The number of carbonyl (C=O) groups is 1. The monoisotopic (exact) mass is 323 g/mol. The van der Waals surface area contributed by atoms with Gasteiger partial charge in [0.05, 0.1) is 0 Å². The number of anilines is 1. The molecule has 1 aliphatic rings. The van der Waals surface area contributed by atoms with Gasteiger partial charge in [-0.05, 0) is 31.7 Å². The van der Waals surface area contributed by atoms with Crippen LogP contribution in [0.2, 0.25) is 0 Å². The molecule has 1 amide bonds. The first kappa shape index (κ1) is 16.1. The summed E-state index contributed by atoms with van der Waals surface area (Å²) in [5, 5.41) is 2.91. The predicted molar refractivity (Wildman–Crippen MR) is 93.2 cm³/mol. The Hall–Kier alpha value is -1.27. The summed E-state index contributed by atoms with van der Waals surface area (Å²) >= 11 is 6.98. The second-order valence-electron chi connectivity index (χ2n) is 5.41. The third-order valence-electron chi connectivity index (χ3n) is 3.69. The van der Waals surface area contributed by atoms with Crippen molar-refractivity contribution in [1.82, 2.24) is 5.32 Å². The number of carbonyl (C=O) groups excluding carboxylic acids is 1. The van der Waals surface area contributed by atoms with E-state index >= 15 is 0 Å². The number of piperazine rings is 1. The van der Waals surface area contributed by atoms with Gasteiger partial charge in [0.15, 0.2) is 0 Å². The van der Waals surface area contributed by atoms with E-state index in [1.165, 1.54) is 0 Å². The Morgan fingerprint density at radius 2 is 2.24 bits per heavy atom. The number of amides is 1. The fraction of sp³-hybridized carbons (Fsp3) is 0.467. The molecule has 0 unspecified atom stereocenters. The highest BCUT2D eigenvalue weighted by molar-refractivity contribution is 7.99. The van der Waals surface area contributed by atoms with Gasteiger partial charge in [0, 0.05) is 29.2 Å². The summed E-state index contributed by atoms with van der Waals surface area (Å²) in [5.41, 5.74) is 7.17. The van der Waals surface area contributed by atoms with Crippen LogP contribution in [0.4, 0.5) is 5.69 Å². The molecule has 6 heteroatoms. The van der Waals surface area contributed by atoms with Crippen LogP contribution in [0.25, 0.3) is 0 Å². The number of nitrogens with two attached hydrogens (primary N) is 1. The maximum Gasteiger partial charge on any atom is 0.245 e. The van der Waals surface area contributed by atoms with E-state index in [4.69, 9.17) is 18.0 Å². The van der Waals surface area contributed by atoms with Crippen molar-refractivity contribution in [3.8, 4) is 0 Å². The lowest BCUT2D eigenvalue weighted by Gasteiger charge is -2.43. The minimum Gasteiger partial charge on any atom is -0.389 e. The van der Waals surface area contributed by atoms with Gasteiger partial charge in [-0.3, -0.25) is 4.79 Å². The maximum atomic E-state index is 12.2. The molecule has 0 atom stereocenters. The van der Waals surface area contributed by atoms with E-state index in [0.717, 1.165) is 28.4 Å². The van der Waals surface area contributed by atoms with Gasteiger partial charge in [-0.25, -0.2) is 0 Å². The zero-order valence-corrected chi connectivity index (χ0v) is 14.2. The lowest BCUT2D eigenvalue weighted by molar-refractivity contribution is -0.126. The molecule has 4 nitrogen and oxygen atoms in total. The molecular weight excluding hydrogens is 302 g/mol. The summed E-state index contributed by atoms with van der Waals surface area (Å²) in [6.07, 6.45) is 0. The topological polar surface area (TPSA) is 58.4 Å². The molecule has 1 aromatic rings. The molecule has 0 saturated carbocycles. The molecule has 0 aromatic heterocycles. The van der Waals surface area contributed by atoms with Gasteiger partial charge in [0.25, 0.3) is 0 Å². The first-order valence-corrected chi connectivity index (χ1v) is 8.40. The number of thioether (sulfide) groups is 1. The van der Waals surface area contributed by atoms with E-state index < -0.39 is 5.54 Å². The molecule has 1 heterocycles. The molecule has 0 spiro atoms. The fourth-order valence-corrected chi connectivity index (χ4v) is 3.71. The lowest BCUT2D eigenvalue weighted by Crippen LogP contribution is -2.62. The van der Waals surface area contributed by atoms with Gasteiger partial charge in [0.2, 0.25) is 5.91 Å². The standard InChI is InChI=1S/C15H21N3OS2/c1-4-21-11-7-5-6-10(12(11)13(16)20)18-9-8-17-14(19)15(18,2)3/h5-7H,4,8-9H2,1-3H3,(H2,16,20)(H,17,19). The number of benzene rings is 1. The van der Waals surface area contributed by atoms with Gasteiger partial charge < -0.3 is 16.0 Å². The number of hydrogen-bond donors (Lipinski definition) is 2. The average Bonchev–Trinajstić information content (AvgIpc) is 2.41. The molecule has 1 aromatic carbocycles. The largest absolute Gasteiger partial charge is 0.389 e. The van der Waals surface area contributed by atoms with Crippen LogP contribution in [0.1, 0.15) is 26.3 Å². The molecule has 0 bridgehead atoms. The van der Waals surface area contributed by atoms with Crippen LogP contribution in [0.15, 0.2) is 23.1 Å². The van der Waals surface area contributed by atoms with Crippen LogP contribution in [0, 0.1) is 0 Å². The quantitative estimate of drug-likeness (QED) is 0.657. The molecule has 0 aliphatic carbocycles. The summed E-state index contributed by atoms with van der Waals surface area (Å²) in [7, 11) is 0. The highest BCUT2D eigenvalue weighted by atomic mass is 32.2. The van der Waals surface area contributed by atoms with Crippen molar-refractivity contribution in [2.24, 2.45) is 5.73 Å². The molecule has 1 aliphatic heterocycles. The predicted octanol–water partition coefficient (Wildman–Crippen LogP) is 2.15. The van der Waals surface area contributed by atoms with Crippen molar-refractivity contribution < 1.29 is 4.79 Å². The first-order chi connectivity index (χ1) is 9.89. The van der Waals surface area contributed by atoms with E-state index in [2.05, 4.69) is 17.1 Å². The van der Waals surface area contributed by atoms with Crippen molar-refractivity contribution in [2.45, 2.75) is 31.2 Å². The first-order valence-electron chi connectivity index (χ1n) is 7.01. The molecule has 114 valence electrons. The minimum atomic E-state index is -0.618. The smallest absolute Gasteiger partial charge is 0.245 e. The summed E-state index contributed by atoms with van der Waals surface area (Å²) < 4.78 is 0. The number of nitrogens with zero attached hydrogens (tertiary/aromatic N) is 1. The third kappa shape index (κ3) is 3.01. The summed E-state index contributed by atoms with van der Waals surface area (Å²) in [4.78, 5) is 15.7. The van der Waals surface area contributed by atoms with Crippen LogP contribution < -0.4 is 16.0 Å². The van der Waals surface area contributed by atoms with E-state index in [-0.39, 0.29) is 5.91 Å². The van der Waals surface area contributed by atoms with Gasteiger partial charge in [-0.1, -0.05) is 25.2 Å². The van der Waals surface area contributed by atoms with Gasteiger partial charge in [-0.15, -0.1) is 11.8 Å². The van der Waals surface area contributed by atoms with Crippen molar-refractivity contribution >= 4 is 40.6 Å². The second kappa shape index (κ2) is 6.23. The van der Waals surface area contributed by atoms with Crippen molar-refractivity contribution in [2.75, 3.05) is 23.7 Å². The Morgan fingerprint density at radius 3 is 2.86 bits per heavy atom. The average molecular weight is 323 g/mol. The van der Waals surface area contributed by atoms with E-state index in [1.54, 1.807) is 11.8 Å². The van der Waals surface area contributed by atoms with Crippen molar-refractivity contribution in [3.63, 3.8) is 0 Å². The SMILES string of the molecule is CCSc1cccc(N2CCNC(=O)C2(C)C)c1C(N)=S. The van der Waals surface area contributed by atoms with Crippen LogP contribution >= 0.6 is 24.0 Å². The summed E-state index contributed by atoms with van der Waals surface area (Å²) in [6, 6.07) is 6.02. The Morgan fingerprint density at radius 1 is 1.52 bits per heavy atom. The van der Waals surface area contributed by atoms with Crippen LogP contribution in [-0.2, 0) is 4.79 Å². The third-order valence-corrected chi connectivity index (χ3v) is 4.84. The molecule has 0 radical (unpaired) electrons. The maximum absolute atomic E-state index is 12.2. The van der Waals surface area contributed by atoms with E-state index in [9.17, 15) is 4.79 Å². The number of thiocarbonyl (C=S) groups is 1. The van der Waals surface area contributed by atoms with Crippen LogP contribution in [0.5, 0.6) is 0 Å². The molecule has 1 saturated heterocycles. The molecule has 21 heavy (non-hydrogen) atoms. The Labute approximate surface area is 135 Å². The Kier molecular flexibility index (Phi) is 4.78. The number of hydrogen-bond acceptors (Lipinski definition) is 4. The molecular formula is C15H21N3OS2. The fourth-order valence-electron chi connectivity index (χ4n) is 2.59. The molecule has 3 N–H and O–H groups in total. The second-order valence-corrected chi connectivity index (χ2v) is 7.16. The normalized spacial score (nSPS) is 17.5. The van der Waals surface area contributed by atoms with E-state index in [0.29, 0.717) is 11.5 Å². The number of rotatable bonds is 4. The zero-order chi connectivity index (χ0) is 15.6. The highest BCUT2D eigenvalue weighted by Gasteiger charge is 2.39. The van der Waals surface area contributed by atoms with Crippen LogP contribution in [0.3, 0.4) is 0 Å². The van der Waals surface area contributed by atoms with Gasteiger partial charge in [-0.2, -0.15) is 0 Å². The van der Waals surface area contributed by atoms with Gasteiger partial charge >= 0.3 is 0 Å². The Balaban J connectivity index is 2.55. The molecule has 1 fully saturated rings. The Bertz CT molecular complexity index is 572. The lowest BCUT2D eigenvalue weighted by atomic mass is 9.96. The number of nitrogens with one attached hydrogen (secondary N) is 1. The van der Waals surface area contributed by atoms with Gasteiger partial charge in [0.1, 0.15) is 10.5 Å². The van der Waals surface area contributed by atoms with E-state index in [1.807, 2.05) is 32.0 Å². The summed E-state index contributed by atoms with van der Waals surface area (Å²) in [6.45, 7) is 7.31. The summed E-state index contributed by atoms with van der Waals surface area (Å²) in [5.74, 6) is 0.972. The minimum absolute atomic E-state index is 0.0242. The zero-order valence-electron chi connectivity index (χ0n) is 12.6.